The van der Waals surface area contributed by atoms with Crippen molar-refractivity contribution in [1.29, 1.82) is 0 Å². The first-order valence-corrected chi connectivity index (χ1v) is 7.11. The molecule has 0 unspecified atom stereocenters. The zero-order valence-electron chi connectivity index (χ0n) is 13.2. The number of amides is 2. The Bertz CT molecular complexity index is 535. The highest BCUT2D eigenvalue weighted by atomic mass is 19.4. The SMILES string of the molecule is Cc1ccc(NC(=O)N[C@@H](C)[C@H](C)CO)c(OCC(F)(F)F)c1. The van der Waals surface area contributed by atoms with Crippen LogP contribution in [0.5, 0.6) is 5.75 Å². The van der Waals surface area contributed by atoms with Crippen molar-refractivity contribution in [3.05, 3.63) is 23.8 Å². The molecular formula is C15H21F3N2O3. The van der Waals surface area contributed by atoms with Gasteiger partial charge in [0, 0.05) is 12.6 Å². The van der Waals surface area contributed by atoms with E-state index in [1.807, 2.05) is 0 Å². The van der Waals surface area contributed by atoms with Crippen molar-refractivity contribution in [2.24, 2.45) is 5.92 Å². The minimum absolute atomic E-state index is 0.0552. The van der Waals surface area contributed by atoms with Gasteiger partial charge >= 0.3 is 12.2 Å². The summed E-state index contributed by atoms with van der Waals surface area (Å²) in [5.41, 5.74) is 0.844. The standard InChI is InChI=1S/C15H21F3N2O3/c1-9-4-5-12(13(6-9)23-8-15(16,17)18)20-14(22)19-11(3)10(2)7-21/h4-6,10-11,21H,7-8H2,1-3H3,(H2,19,20,22)/t10-,11+/m1/s1. The largest absolute Gasteiger partial charge is 0.482 e. The Morgan fingerprint density at radius 1 is 1.35 bits per heavy atom. The van der Waals surface area contributed by atoms with Gasteiger partial charge in [-0.15, -0.1) is 0 Å². The fourth-order valence-electron chi connectivity index (χ4n) is 1.68. The summed E-state index contributed by atoms with van der Waals surface area (Å²) in [5, 5.41) is 14.1. The molecule has 2 amide bonds. The van der Waals surface area contributed by atoms with Crippen molar-refractivity contribution in [2.45, 2.75) is 33.0 Å². The summed E-state index contributed by atoms with van der Waals surface area (Å²) in [6.07, 6.45) is -4.46. The molecule has 0 saturated carbocycles. The molecule has 0 saturated heterocycles. The van der Waals surface area contributed by atoms with Crippen LogP contribution in [0.2, 0.25) is 0 Å². The number of alkyl halides is 3. The highest BCUT2D eigenvalue weighted by Gasteiger charge is 2.29. The molecular weight excluding hydrogens is 313 g/mol. The third-order valence-electron chi connectivity index (χ3n) is 3.28. The van der Waals surface area contributed by atoms with Crippen molar-refractivity contribution >= 4 is 11.7 Å². The summed E-state index contributed by atoms with van der Waals surface area (Å²) in [5.74, 6) is -0.208. The van der Waals surface area contributed by atoms with Crippen LogP contribution in [0.4, 0.5) is 23.7 Å². The van der Waals surface area contributed by atoms with E-state index in [4.69, 9.17) is 9.84 Å². The Balaban J connectivity index is 2.77. The number of urea groups is 1. The maximum atomic E-state index is 12.3. The summed E-state index contributed by atoms with van der Waals surface area (Å²) in [6, 6.07) is 3.65. The monoisotopic (exact) mass is 334 g/mol. The van der Waals surface area contributed by atoms with Crippen molar-refractivity contribution < 1.29 is 27.8 Å². The number of aliphatic hydroxyl groups excluding tert-OH is 1. The fraction of sp³-hybridized carbons (Fsp3) is 0.533. The summed E-state index contributed by atoms with van der Waals surface area (Å²) in [6.45, 7) is 3.65. The molecule has 1 aromatic carbocycles. The number of ether oxygens (including phenoxy) is 1. The quantitative estimate of drug-likeness (QED) is 0.749. The van der Waals surface area contributed by atoms with Crippen LogP contribution in [0.3, 0.4) is 0 Å². The Hall–Kier alpha value is -1.96. The molecule has 0 aliphatic carbocycles. The number of anilines is 1. The number of hydrogen-bond donors (Lipinski definition) is 3. The second kappa shape index (κ2) is 8.05. The van der Waals surface area contributed by atoms with E-state index in [-0.39, 0.29) is 30.0 Å². The third kappa shape index (κ3) is 6.77. The molecule has 0 bridgehead atoms. The number of halogens is 3. The molecule has 0 radical (unpaired) electrons. The smallest absolute Gasteiger partial charge is 0.422 e. The number of nitrogens with one attached hydrogen (secondary N) is 2. The Morgan fingerprint density at radius 3 is 2.57 bits per heavy atom. The summed E-state index contributed by atoms with van der Waals surface area (Å²) in [7, 11) is 0. The van der Waals surface area contributed by atoms with E-state index >= 15 is 0 Å². The number of benzene rings is 1. The Kier molecular flexibility index (Phi) is 6.68. The van der Waals surface area contributed by atoms with Gasteiger partial charge in [0.25, 0.3) is 0 Å². The van der Waals surface area contributed by atoms with E-state index in [1.54, 1.807) is 26.8 Å². The lowest BCUT2D eigenvalue weighted by Crippen LogP contribution is -2.40. The highest BCUT2D eigenvalue weighted by molar-refractivity contribution is 5.91. The molecule has 23 heavy (non-hydrogen) atoms. The van der Waals surface area contributed by atoms with E-state index < -0.39 is 18.8 Å². The zero-order chi connectivity index (χ0) is 17.6. The second-order valence-corrected chi connectivity index (χ2v) is 5.45. The molecule has 1 aromatic rings. The molecule has 0 aliphatic heterocycles. The lowest BCUT2D eigenvalue weighted by atomic mass is 10.1. The molecule has 8 heteroatoms. The first-order valence-electron chi connectivity index (χ1n) is 7.11. The molecule has 3 N–H and O–H groups in total. The minimum atomic E-state index is -4.46. The molecule has 5 nitrogen and oxygen atoms in total. The van der Waals surface area contributed by atoms with Gasteiger partial charge in [0.1, 0.15) is 5.75 Å². The third-order valence-corrected chi connectivity index (χ3v) is 3.28. The van der Waals surface area contributed by atoms with Crippen LogP contribution in [-0.2, 0) is 0 Å². The van der Waals surface area contributed by atoms with Gasteiger partial charge in [-0.2, -0.15) is 13.2 Å². The van der Waals surface area contributed by atoms with Crippen LogP contribution < -0.4 is 15.4 Å². The molecule has 130 valence electrons. The number of carbonyl (C=O) groups excluding carboxylic acids is 1. The van der Waals surface area contributed by atoms with Gasteiger partial charge in [-0.25, -0.2) is 4.79 Å². The molecule has 1 rings (SSSR count). The summed E-state index contributed by atoms with van der Waals surface area (Å²) < 4.78 is 41.6. The molecule has 0 fully saturated rings. The van der Waals surface area contributed by atoms with E-state index in [0.717, 1.165) is 0 Å². The second-order valence-electron chi connectivity index (χ2n) is 5.45. The first kappa shape index (κ1) is 19.1. The summed E-state index contributed by atoms with van der Waals surface area (Å²) >= 11 is 0. The Morgan fingerprint density at radius 2 is 2.00 bits per heavy atom. The van der Waals surface area contributed by atoms with Crippen molar-refractivity contribution in [2.75, 3.05) is 18.5 Å². The van der Waals surface area contributed by atoms with Gasteiger partial charge < -0.3 is 20.5 Å². The van der Waals surface area contributed by atoms with Gasteiger partial charge in [0.05, 0.1) is 5.69 Å². The van der Waals surface area contributed by atoms with Crippen LogP contribution in [0.1, 0.15) is 19.4 Å². The van der Waals surface area contributed by atoms with E-state index in [9.17, 15) is 18.0 Å². The molecule has 2 atom stereocenters. The number of rotatable bonds is 6. The van der Waals surface area contributed by atoms with E-state index in [1.165, 1.54) is 12.1 Å². The molecule has 0 heterocycles. The van der Waals surface area contributed by atoms with Crippen LogP contribution in [0, 0.1) is 12.8 Å². The van der Waals surface area contributed by atoms with Gasteiger partial charge in [-0.05, 0) is 37.5 Å². The first-order chi connectivity index (χ1) is 10.6. The number of hydrogen-bond acceptors (Lipinski definition) is 3. The molecule has 0 spiro atoms. The van der Waals surface area contributed by atoms with Gasteiger partial charge in [0.15, 0.2) is 6.61 Å². The molecule has 0 aliphatic rings. The lowest BCUT2D eigenvalue weighted by Gasteiger charge is -2.20. The van der Waals surface area contributed by atoms with Crippen LogP contribution in [-0.4, -0.2) is 36.6 Å². The minimum Gasteiger partial charge on any atom is -0.482 e. The van der Waals surface area contributed by atoms with Crippen LogP contribution in [0.25, 0.3) is 0 Å². The van der Waals surface area contributed by atoms with Crippen LogP contribution in [0.15, 0.2) is 18.2 Å². The number of carbonyl (C=O) groups is 1. The average molecular weight is 334 g/mol. The Labute approximate surface area is 132 Å². The maximum Gasteiger partial charge on any atom is 0.422 e. The maximum absolute atomic E-state index is 12.3. The normalized spacial score (nSPS) is 14.0. The highest BCUT2D eigenvalue weighted by Crippen LogP contribution is 2.27. The zero-order valence-corrected chi connectivity index (χ0v) is 13.2. The van der Waals surface area contributed by atoms with E-state index in [0.29, 0.717) is 5.56 Å². The fourth-order valence-corrected chi connectivity index (χ4v) is 1.68. The topological polar surface area (TPSA) is 70.6 Å². The number of aliphatic hydroxyl groups is 1. The van der Waals surface area contributed by atoms with Crippen LogP contribution >= 0.6 is 0 Å². The number of aryl methyl sites for hydroxylation is 1. The van der Waals surface area contributed by atoms with E-state index in [2.05, 4.69) is 10.6 Å². The lowest BCUT2D eigenvalue weighted by molar-refractivity contribution is -0.153. The van der Waals surface area contributed by atoms with Crippen molar-refractivity contribution in [3.63, 3.8) is 0 Å². The van der Waals surface area contributed by atoms with Crippen molar-refractivity contribution in [1.82, 2.24) is 5.32 Å². The summed E-state index contributed by atoms with van der Waals surface area (Å²) in [4.78, 5) is 11.9. The average Bonchev–Trinajstić information content (AvgIpc) is 2.45. The predicted octanol–water partition coefficient (Wildman–Crippen LogP) is 3.07. The predicted molar refractivity (Wildman–Crippen MR) is 80.6 cm³/mol. The van der Waals surface area contributed by atoms with Gasteiger partial charge in [0.2, 0.25) is 0 Å². The van der Waals surface area contributed by atoms with Crippen molar-refractivity contribution in [3.8, 4) is 5.75 Å². The van der Waals surface area contributed by atoms with Gasteiger partial charge in [-0.3, -0.25) is 0 Å². The molecule has 0 aromatic heterocycles. The van der Waals surface area contributed by atoms with Gasteiger partial charge in [-0.1, -0.05) is 13.0 Å².